The second kappa shape index (κ2) is 7.36. The van der Waals surface area contributed by atoms with E-state index in [0.717, 1.165) is 16.9 Å². The molecule has 2 amide bonds. The van der Waals surface area contributed by atoms with Crippen LogP contribution in [-0.4, -0.2) is 20.3 Å². The van der Waals surface area contributed by atoms with E-state index in [4.69, 9.17) is 9.47 Å². The number of hydrogen-bond acceptors (Lipinski definition) is 3. The number of ether oxygens (including phenoxy) is 2. The Morgan fingerprint density at radius 2 is 1.77 bits per heavy atom. The number of para-hydroxylation sites is 1. The molecular formula is C17H20N2O3. The first kappa shape index (κ1) is 15.7. The van der Waals surface area contributed by atoms with Gasteiger partial charge in [-0.05, 0) is 30.7 Å². The van der Waals surface area contributed by atoms with Crippen molar-refractivity contribution in [3.63, 3.8) is 0 Å². The zero-order valence-corrected chi connectivity index (χ0v) is 13.0. The predicted octanol–water partition coefficient (Wildman–Crippen LogP) is 3.33. The Kier molecular flexibility index (Phi) is 5.25. The zero-order chi connectivity index (χ0) is 15.9. The van der Waals surface area contributed by atoms with Crippen molar-refractivity contribution < 1.29 is 14.3 Å². The summed E-state index contributed by atoms with van der Waals surface area (Å²) in [5, 5.41) is 5.60. The second-order valence-corrected chi connectivity index (χ2v) is 4.82. The normalized spacial score (nSPS) is 9.95. The summed E-state index contributed by atoms with van der Waals surface area (Å²) in [6, 6.07) is 12.9. The van der Waals surface area contributed by atoms with Gasteiger partial charge in [0.25, 0.3) is 0 Å². The summed E-state index contributed by atoms with van der Waals surface area (Å²) in [4.78, 5) is 12.0. The standard InChI is InChI=1S/C17H20N2O3/c1-12-8-9-16(22-3)14(10-12)19-17(20)18-11-13-6-4-5-7-15(13)21-2/h4-10H,11H2,1-3H3,(H2,18,19,20). The van der Waals surface area contributed by atoms with Gasteiger partial charge in [0.2, 0.25) is 0 Å². The third-order valence-corrected chi connectivity index (χ3v) is 3.24. The van der Waals surface area contributed by atoms with E-state index in [-0.39, 0.29) is 6.03 Å². The molecule has 5 nitrogen and oxygen atoms in total. The number of rotatable bonds is 5. The molecule has 0 saturated heterocycles. The first-order valence-electron chi connectivity index (χ1n) is 6.95. The summed E-state index contributed by atoms with van der Waals surface area (Å²) in [5.41, 5.74) is 2.59. The van der Waals surface area contributed by atoms with E-state index >= 15 is 0 Å². The van der Waals surface area contributed by atoms with Gasteiger partial charge in [0.15, 0.2) is 0 Å². The van der Waals surface area contributed by atoms with Crippen molar-refractivity contribution in [2.24, 2.45) is 0 Å². The summed E-state index contributed by atoms with van der Waals surface area (Å²) >= 11 is 0. The highest BCUT2D eigenvalue weighted by molar-refractivity contribution is 5.91. The third kappa shape index (κ3) is 3.91. The molecule has 0 aromatic heterocycles. The monoisotopic (exact) mass is 300 g/mol. The number of benzene rings is 2. The molecule has 116 valence electrons. The van der Waals surface area contributed by atoms with E-state index in [1.807, 2.05) is 49.4 Å². The zero-order valence-electron chi connectivity index (χ0n) is 13.0. The second-order valence-electron chi connectivity index (χ2n) is 4.82. The lowest BCUT2D eigenvalue weighted by Crippen LogP contribution is -2.28. The van der Waals surface area contributed by atoms with E-state index in [9.17, 15) is 4.79 Å². The fourth-order valence-corrected chi connectivity index (χ4v) is 2.11. The molecule has 0 heterocycles. The molecule has 2 rings (SSSR count). The maximum atomic E-state index is 12.0. The molecule has 0 atom stereocenters. The number of carbonyl (C=O) groups is 1. The lowest BCUT2D eigenvalue weighted by atomic mass is 10.2. The topological polar surface area (TPSA) is 59.6 Å². The van der Waals surface area contributed by atoms with Crippen LogP contribution in [0.3, 0.4) is 0 Å². The van der Waals surface area contributed by atoms with E-state index in [0.29, 0.717) is 18.0 Å². The minimum absolute atomic E-state index is 0.296. The van der Waals surface area contributed by atoms with Crippen molar-refractivity contribution in [1.82, 2.24) is 5.32 Å². The van der Waals surface area contributed by atoms with Gasteiger partial charge in [-0.15, -0.1) is 0 Å². The third-order valence-electron chi connectivity index (χ3n) is 3.24. The molecule has 0 fully saturated rings. The number of nitrogens with one attached hydrogen (secondary N) is 2. The molecule has 0 unspecified atom stereocenters. The van der Waals surface area contributed by atoms with Crippen LogP contribution >= 0.6 is 0 Å². The van der Waals surface area contributed by atoms with Crippen molar-refractivity contribution >= 4 is 11.7 Å². The predicted molar refractivity (Wildman–Crippen MR) is 86.6 cm³/mol. The Morgan fingerprint density at radius 3 is 2.50 bits per heavy atom. The Bertz CT molecular complexity index is 656. The Morgan fingerprint density at radius 1 is 1.05 bits per heavy atom. The average Bonchev–Trinajstić information content (AvgIpc) is 2.53. The number of methoxy groups -OCH3 is 2. The molecule has 2 aromatic carbocycles. The summed E-state index contributed by atoms with van der Waals surface area (Å²) in [6.45, 7) is 2.33. The summed E-state index contributed by atoms with van der Waals surface area (Å²) in [5.74, 6) is 1.37. The SMILES string of the molecule is COc1ccccc1CNC(=O)Nc1cc(C)ccc1OC. The van der Waals surface area contributed by atoms with Crippen LogP contribution in [0.4, 0.5) is 10.5 Å². The van der Waals surface area contributed by atoms with Gasteiger partial charge in [0.1, 0.15) is 11.5 Å². The summed E-state index contributed by atoms with van der Waals surface area (Å²) < 4.78 is 10.5. The molecule has 2 N–H and O–H groups in total. The molecule has 0 aliphatic rings. The highest BCUT2D eigenvalue weighted by atomic mass is 16.5. The van der Waals surface area contributed by atoms with Crippen LogP contribution in [0.25, 0.3) is 0 Å². The van der Waals surface area contributed by atoms with Crippen molar-refractivity contribution in [2.75, 3.05) is 19.5 Å². The maximum Gasteiger partial charge on any atom is 0.319 e. The van der Waals surface area contributed by atoms with Crippen molar-refractivity contribution in [3.8, 4) is 11.5 Å². The molecular weight excluding hydrogens is 280 g/mol. The lowest BCUT2D eigenvalue weighted by molar-refractivity contribution is 0.251. The van der Waals surface area contributed by atoms with Crippen LogP contribution < -0.4 is 20.1 Å². The number of anilines is 1. The Labute approximate surface area is 130 Å². The van der Waals surface area contributed by atoms with Gasteiger partial charge < -0.3 is 20.1 Å². The van der Waals surface area contributed by atoms with Crippen LogP contribution in [0.1, 0.15) is 11.1 Å². The van der Waals surface area contributed by atoms with Gasteiger partial charge in [-0.2, -0.15) is 0 Å². The number of urea groups is 1. The average molecular weight is 300 g/mol. The minimum atomic E-state index is -0.296. The van der Waals surface area contributed by atoms with E-state index in [2.05, 4.69) is 10.6 Å². The van der Waals surface area contributed by atoms with Crippen molar-refractivity contribution in [2.45, 2.75) is 13.5 Å². The number of carbonyl (C=O) groups excluding carboxylic acids is 1. The molecule has 5 heteroatoms. The number of amides is 2. The quantitative estimate of drug-likeness (QED) is 0.890. The molecule has 0 radical (unpaired) electrons. The number of aryl methyl sites for hydroxylation is 1. The molecule has 0 aliphatic carbocycles. The molecule has 0 aliphatic heterocycles. The first-order chi connectivity index (χ1) is 10.6. The van der Waals surface area contributed by atoms with E-state index in [1.165, 1.54) is 0 Å². The Balaban J connectivity index is 2.00. The lowest BCUT2D eigenvalue weighted by Gasteiger charge is -2.13. The largest absolute Gasteiger partial charge is 0.496 e. The Hall–Kier alpha value is -2.69. The fourth-order valence-electron chi connectivity index (χ4n) is 2.11. The van der Waals surface area contributed by atoms with Gasteiger partial charge >= 0.3 is 6.03 Å². The first-order valence-corrected chi connectivity index (χ1v) is 6.95. The summed E-state index contributed by atoms with van der Waals surface area (Å²) in [7, 11) is 3.18. The fraction of sp³-hybridized carbons (Fsp3) is 0.235. The van der Waals surface area contributed by atoms with Crippen molar-refractivity contribution in [1.29, 1.82) is 0 Å². The molecule has 0 saturated carbocycles. The number of hydrogen-bond donors (Lipinski definition) is 2. The maximum absolute atomic E-state index is 12.0. The van der Waals surface area contributed by atoms with Crippen LogP contribution in [0.15, 0.2) is 42.5 Å². The van der Waals surface area contributed by atoms with Gasteiger partial charge in [-0.1, -0.05) is 24.3 Å². The van der Waals surface area contributed by atoms with Gasteiger partial charge in [0, 0.05) is 12.1 Å². The van der Waals surface area contributed by atoms with Crippen molar-refractivity contribution in [3.05, 3.63) is 53.6 Å². The van der Waals surface area contributed by atoms with Crippen LogP contribution in [0.2, 0.25) is 0 Å². The molecule has 22 heavy (non-hydrogen) atoms. The summed E-state index contributed by atoms with van der Waals surface area (Å²) in [6.07, 6.45) is 0. The van der Waals surface area contributed by atoms with Gasteiger partial charge in [-0.3, -0.25) is 0 Å². The van der Waals surface area contributed by atoms with E-state index in [1.54, 1.807) is 14.2 Å². The smallest absolute Gasteiger partial charge is 0.319 e. The van der Waals surface area contributed by atoms with Crippen LogP contribution in [-0.2, 0) is 6.54 Å². The molecule has 0 spiro atoms. The molecule has 0 bridgehead atoms. The molecule has 2 aromatic rings. The van der Waals surface area contributed by atoms with E-state index < -0.39 is 0 Å². The minimum Gasteiger partial charge on any atom is -0.496 e. The van der Waals surface area contributed by atoms with Gasteiger partial charge in [-0.25, -0.2) is 4.79 Å². The highest BCUT2D eigenvalue weighted by Gasteiger charge is 2.08. The van der Waals surface area contributed by atoms with Gasteiger partial charge in [0.05, 0.1) is 19.9 Å². The van der Waals surface area contributed by atoms with Crippen LogP contribution in [0, 0.1) is 6.92 Å². The van der Waals surface area contributed by atoms with Crippen LogP contribution in [0.5, 0.6) is 11.5 Å². The highest BCUT2D eigenvalue weighted by Crippen LogP contribution is 2.25.